The highest BCUT2D eigenvalue weighted by atomic mass is 35.5. The fourth-order valence-corrected chi connectivity index (χ4v) is 14.3. The van der Waals surface area contributed by atoms with Gasteiger partial charge in [-0.2, -0.15) is 0 Å². The van der Waals surface area contributed by atoms with E-state index < -0.39 is 216 Å². The number of phenols is 3. The average Bonchev–Trinajstić information content (AvgIpc) is 0.760. The second-order valence-electron chi connectivity index (χ2n) is 27.3. The van der Waals surface area contributed by atoms with Gasteiger partial charge in [-0.15, -0.1) is 0 Å². The molecule has 0 saturated carbocycles. The van der Waals surface area contributed by atoms with Gasteiger partial charge in [-0.3, -0.25) is 33.6 Å². The topological polar surface area (TPSA) is 563 Å². The van der Waals surface area contributed by atoms with Crippen molar-refractivity contribution >= 4 is 58.9 Å². The van der Waals surface area contributed by atoms with Crippen LogP contribution in [0.1, 0.15) is 93.3 Å². The van der Waals surface area contributed by atoms with Gasteiger partial charge in [0.15, 0.2) is 35.3 Å². The number of hydrogen-bond acceptors (Lipinski definition) is 28. The van der Waals surface area contributed by atoms with Crippen molar-refractivity contribution in [3.8, 4) is 74.4 Å². The molecule has 0 aliphatic carbocycles. The molecule has 7 aromatic carbocycles. The number of carbonyl (C=O) groups excluding carboxylic acids is 7. The molecule has 112 heavy (non-hydrogen) atoms. The Balaban J connectivity index is 1.07. The monoisotopic (exact) mass is 1570 g/mol. The molecule has 0 radical (unpaired) electrons. The van der Waals surface area contributed by atoms with Gasteiger partial charge in [0, 0.05) is 36.6 Å². The van der Waals surface area contributed by atoms with Crippen molar-refractivity contribution in [2.24, 2.45) is 5.73 Å². The third-order valence-electron chi connectivity index (χ3n) is 19.7. The summed E-state index contributed by atoms with van der Waals surface area (Å²) in [4.78, 5) is 122. The average molecular weight is 1570 g/mol. The summed E-state index contributed by atoms with van der Waals surface area (Å²) in [6.45, 7) is -0.330. The molecule has 0 aromatic heterocycles. The Hall–Kier alpha value is -11.5. The molecule has 7 amide bonds. The first kappa shape index (κ1) is 78.6. The molecule has 17 bridgehead atoms. The highest BCUT2D eigenvalue weighted by Gasteiger charge is 2.50. The predicted octanol–water partition coefficient (Wildman–Crippen LogP) is 0.171. The maximum atomic E-state index is 16.6. The molecular weight excluding hydrogens is 1500 g/mol. The molecule has 8 aliphatic heterocycles. The lowest BCUT2D eigenvalue weighted by molar-refractivity contribution is -0.284. The molecule has 8 heterocycles. The number of benzene rings is 7. The van der Waals surface area contributed by atoms with Crippen LogP contribution in [-0.4, -0.2) is 202 Å². The number of fused-ring (bicyclic) bond motifs is 14. The summed E-state index contributed by atoms with van der Waals surface area (Å²) in [6.07, 6.45) is -20.4. The number of hydrogen-bond donors (Lipinski definition) is 20. The minimum atomic E-state index is -2.46. The molecule has 21 N–H and O–H groups in total. The summed E-state index contributed by atoms with van der Waals surface area (Å²) in [7, 11) is 1.22. The van der Waals surface area contributed by atoms with Crippen LogP contribution in [0.2, 0.25) is 5.02 Å². The van der Waals surface area contributed by atoms with Gasteiger partial charge in [0.05, 0.1) is 32.0 Å². The van der Waals surface area contributed by atoms with Crippen molar-refractivity contribution < 1.29 is 138 Å². The van der Waals surface area contributed by atoms with E-state index in [4.69, 9.17) is 55.2 Å². The van der Waals surface area contributed by atoms with E-state index in [2.05, 4.69) is 37.2 Å². The summed E-state index contributed by atoms with van der Waals surface area (Å²) in [5, 5.41) is 151. The smallest absolute Gasteiger partial charge is 0.330 e. The Morgan fingerprint density at radius 3 is 1.84 bits per heavy atom. The maximum Gasteiger partial charge on any atom is 0.330 e. The lowest BCUT2D eigenvalue weighted by Gasteiger charge is -2.44. The molecule has 36 nitrogen and oxygen atoms in total. The normalized spacial score (nSPS) is 27.8. The van der Waals surface area contributed by atoms with Crippen LogP contribution in [0, 0.1) is 6.92 Å². The standard InChI is InChI=1S/C75H75ClN8O28/c1-27-12-29-4-10-44(27)107-48-19-35-20-49(66(48)105-3)108-45-11-8-32(17-41(45)76)65(112-74-58(78-28(2)88)62(94)60(92)50(25-86)110-74)59-72(102)83-57(73(103)104)40-22-37(90)23-47(109-75-64(96)63(95)61(93)51(26-87)111-75)52(40)39-16-31(5-6-33(39)24-85)54(69(99)84-59)81-71(101)56(35)82-70(100)55-34-14-36(89)21-38(15-34)106-46-18-30(7-9-43(46)91)53(77)68(98)79-42(13-29)67(97)80-55/h4-12,14-23,42,50-51,53-65,74-75,85-87,89-96H,13,24-26,77H2,1-3H3,(H,78,88)(H,79,98)(H,80,97)(H,81,101)(H,82,100)(H,83,102)(H,84,99)(H,103,104)/t42-,50?,51?,53-,54-,55?,56-,57+,58?,59+,60-,61-,62?,63?,64?,65-,74+,75+/m1/s1. The van der Waals surface area contributed by atoms with E-state index in [1.807, 2.05) is 0 Å². The van der Waals surface area contributed by atoms with E-state index in [0.717, 1.165) is 43.3 Å². The number of amides is 7. The number of carbonyl (C=O) groups is 8. The van der Waals surface area contributed by atoms with Crippen molar-refractivity contribution in [3.05, 3.63) is 170 Å². The van der Waals surface area contributed by atoms with Crippen molar-refractivity contribution in [3.63, 3.8) is 0 Å². The zero-order valence-corrected chi connectivity index (χ0v) is 59.8. The SMILES string of the molecule is COc1c2cc3cc1Oc1ccc(cc1Cl)[C@@H](O[C@@H]1OC(CO)[C@@H](O)C(O)C1NC(C)=O)[C@@H]1NC(=O)[C@H](NC(=O)[C@@H]3NC(=O)C3NC(=O)[C@@H](Cc4ccc(c(C)c4)O2)NC(=O)[C@H](N)c2ccc(O)c(c2)Oc2cc(O)cc3c2)c2ccc(CO)c(c2)-c2c(O[C@H]3OC(CO)[C@@H](O)C(O)C3O)cc(O)cc2[C@@H](C(=O)O)NC1=O. The van der Waals surface area contributed by atoms with Gasteiger partial charge < -0.3 is 142 Å². The van der Waals surface area contributed by atoms with E-state index in [-0.39, 0.29) is 85.6 Å². The molecule has 7 aromatic rings. The van der Waals surface area contributed by atoms with Crippen molar-refractivity contribution in [2.45, 2.75) is 137 Å². The van der Waals surface area contributed by atoms with E-state index >= 15 is 24.0 Å². The third-order valence-corrected chi connectivity index (χ3v) is 20.0. The number of nitrogens with one attached hydrogen (secondary N) is 7. The zero-order valence-electron chi connectivity index (χ0n) is 59.0. The lowest BCUT2D eigenvalue weighted by atomic mass is 9.87. The summed E-state index contributed by atoms with van der Waals surface area (Å²) in [5.74, 6) is -14.7. The number of halogens is 1. The van der Waals surface area contributed by atoms with Gasteiger partial charge in [0.25, 0.3) is 0 Å². The Morgan fingerprint density at radius 1 is 0.580 bits per heavy atom. The van der Waals surface area contributed by atoms with Gasteiger partial charge in [0.1, 0.15) is 126 Å². The largest absolute Gasteiger partial charge is 0.508 e. The van der Waals surface area contributed by atoms with Gasteiger partial charge in [-0.05, 0) is 124 Å². The summed E-state index contributed by atoms with van der Waals surface area (Å²) in [6, 6.07) is 6.38. The summed E-state index contributed by atoms with van der Waals surface area (Å²) in [5.41, 5.74) is 4.53. The second-order valence-corrected chi connectivity index (χ2v) is 27.7. The maximum absolute atomic E-state index is 16.6. The van der Waals surface area contributed by atoms with Crippen LogP contribution >= 0.6 is 11.6 Å². The Kier molecular flexibility index (Phi) is 22.5. The number of rotatable bonds is 10. The number of phenolic OH excluding ortho intramolecular Hbond substituents is 3. The first-order valence-corrected chi connectivity index (χ1v) is 35.1. The quantitative estimate of drug-likeness (QED) is 0.0868. The first-order chi connectivity index (χ1) is 53.4. The van der Waals surface area contributed by atoms with Gasteiger partial charge >= 0.3 is 5.97 Å². The number of aromatic hydroxyl groups is 3. The molecule has 7 unspecified atom stereocenters. The molecule has 2 saturated heterocycles. The highest BCUT2D eigenvalue weighted by Crippen LogP contribution is 2.49. The fourth-order valence-electron chi connectivity index (χ4n) is 14.1. The summed E-state index contributed by atoms with van der Waals surface area (Å²) < 4.78 is 50.0. The van der Waals surface area contributed by atoms with Crippen LogP contribution in [0.5, 0.6) is 63.2 Å². The van der Waals surface area contributed by atoms with Gasteiger partial charge in [0.2, 0.25) is 53.4 Å². The van der Waals surface area contributed by atoms with E-state index in [1.54, 1.807) is 19.1 Å². The zero-order chi connectivity index (χ0) is 80.2. The number of aryl methyl sites for hydroxylation is 1. The van der Waals surface area contributed by atoms with Crippen LogP contribution in [0.15, 0.2) is 115 Å². The predicted molar refractivity (Wildman–Crippen MR) is 381 cm³/mol. The molecule has 2 fully saturated rings. The molecule has 0 spiro atoms. The Morgan fingerprint density at radius 2 is 1.19 bits per heavy atom. The highest BCUT2D eigenvalue weighted by molar-refractivity contribution is 6.32. The first-order valence-electron chi connectivity index (χ1n) is 34.7. The molecule has 8 aliphatic rings. The van der Waals surface area contributed by atoms with Crippen LogP contribution in [0.3, 0.4) is 0 Å². The number of nitrogens with two attached hydrogens (primary N) is 1. The molecular formula is C75H75ClN8O28. The Bertz CT molecular complexity index is 4920. The lowest BCUT2D eigenvalue weighted by Crippen LogP contribution is -2.65. The number of aliphatic hydroxyl groups excluding tert-OH is 8. The van der Waals surface area contributed by atoms with Crippen LogP contribution in [-0.2, 0) is 65.6 Å². The van der Waals surface area contributed by atoms with E-state index in [1.165, 1.54) is 73.8 Å². The number of ether oxygens (including phenoxy) is 8. The van der Waals surface area contributed by atoms with E-state index in [9.17, 15) is 75.7 Å². The number of aliphatic hydroxyl groups is 8. The van der Waals surface area contributed by atoms with Crippen molar-refractivity contribution in [1.82, 2.24) is 37.2 Å². The van der Waals surface area contributed by atoms with Crippen molar-refractivity contribution in [1.29, 1.82) is 0 Å². The number of methoxy groups -OCH3 is 1. The Labute approximate surface area is 638 Å². The minimum absolute atomic E-state index is 0.0957. The van der Waals surface area contributed by atoms with Gasteiger partial charge in [-0.25, -0.2) is 4.79 Å². The number of carboxylic acids is 1. The minimum Gasteiger partial charge on any atom is -0.508 e. The number of carboxylic acid groups (broad SMARTS) is 1. The molecule has 18 atom stereocenters. The van der Waals surface area contributed by atoms with Crippen molar-refractivity contribution in [2.75, 3.05) is 20.3 Å². The molecule has 590 valence electrons. The fraction of sp³-hybridized carbons (Fsp3) is 0.333. The van der Waals surface area contributed by atoms with E-state index in [0.29, 0.717) is 11.1 Å². The molecule has 37 heteroatoms. The summed E-state index contributed by atoms with van der Waals surface area (Å²) >= 11 is 7.26. The van der Waals surface area contributed by atoms with Gasteiger partial charge in [-0.1, -0.05) is 48.0 Å². The van der Waals surface area contributed by atoms with Crippen LogP contribution < -0.4 is 66.6 Å². The second kappa shape index (κ2) is 32.1. The third kappa shape index (κ3) is 15.7. The van der Waals surface area contributed by atoms with Crippen LogP contribution in [0.25, 0.3) is 11.1 Å². The molecule has 15 rings (SSSR count). The van der Waals surface area contributed by atoms with Crippen LogP contribution in [0.4, 0.5) is 0 Å². The number of aliphatic carboxylic acids is 1.